The molecule has 0 atom stereocenters. The molecule has 1 fully saturated rings. The Kier molecular flexibility index (Phi) is 7.13. The Labute approximate surface area is 211 Å². The number of nitrogens with zero attached hydrogens (tertiary/aromatic N) is 3. The van der Waals surface area contributed by atoms with Crippen LogP contribution in [0.2, 0.25) is 0 Å². The van der Waals surface area contributed by atoms with Crippen molar-refractivity contribution >= 4 is 32.6 Å². The summed E-state index contributed by atoms with van der Waals surface area (Å²) >= 11 is 0. The van der Waals surface area contributed by atoms with Crippen molar-refractivity contribution in [1.82, 2.24) is 19.6 Å². The maximum atomic E-state index is 12.8. The molecule has 2 N–H and O–H groups in total. The summed E-state index contributed by atoms with van der Waals surface area (Å²) < 4.78 is 33.7. The molecular weight excluding hydrogens is 474 g/mol. The second-order valence-electron chi connectivity index (χ2n) is 8.76. The Morgan fingerprint density at radius 2 is 1.78 bits per heavy atom. The number of benzene rings is 3. The minimum absolute atomic E-state index is 0.202. The maximum absolute atomic E-state index is 12.8. The molecule has 3 aromatic carbocycles. The quantitative estimate of drug-likeness (QED) is 0.349. The van der Waals surface area contributed by atoms with Crippen molar-refractivity contribution in [3.05, 3.63) is 72.9 Å². The highest BCUT2D eigenvalue weighted by Gasteiger charge is 2.17. The number of hydrogen-bond acceptors (Lipinski definition) is 7. The molecule has 8 nitrogen and oxygen atoms in total. The zero-order valence-electron chi connectivity index (χ0n) is 20.1. The summed E-state index contributed by atoms with van der Waals surface area (Å²) in [6, 6.07) is 20.5. The highest BCUT2D eigenvalue weighted by atomic mass is 32.2. The molecule has 0 bridgehead atoms. The number of likely N-dealkylation sites (tertiary alicyclic amines) is 1. The van der Waals surface area contributed by atoms with Crippen LogP contribution in [0.4, 0.5) is 11.6 Å². The molecule has 4 aromatic rings. The molecule has 0 saturated carbocycles. The highest BCUT2D eigenvalue weighted by molar-refractivity contribution is 7.89. The van der Waals surface area contributed by atoms with Gasteiger partial charge < -0.3 is 15.0 Å². The van der Waals surface area contributed by atoms with Gasteiger partial charge in [-0.1, -0.05) is 36.4 Å². The van der Waals surface area contributed by atoms with Crippen LogP contribution >= 0.6 is 0 Å². The van der Waals surface area contributed by atoms with E-state index in [0.717, 1.165) is 47.4 Å². The fourth-order valence-electron chi connectivity index (χ4n) is 4.42. The minimum Gasteiger partial charge on any atom is -0.497 e. The minimum atomic E-state index is -3.62. The summed E-state index contributed by atoms with van der Waals surface area (Å²) in [6.45, 7) is 3.18. The number of ether oxygens (including phenoxy) is 1. The van der Waals surface area contributed by atoms with Crippen molar-refractivity contribution in [2.24, 2.45) is 0 Å². The second-order valence-corrected chi connectivity index (χ2v) is 10.5. The zero-order valence-corrected chi connectivity index (χ0v) is 21.0. The number of fused-ring (bicyclic) bond motifs is 1. The molecule has 0 amide bonds. The van der Waals surface area contributed by atoms with Crippen LogP contribution in [0, 0.1) is 0 Å². The van der Waals surface area contributed by atoms with Gasteiger partial charge in [-0.3, -0.25) is 0 Å². The first kappa shape index (κ1) is 24.2. The van der Waals surface area contributed by atoms with Gasteiger partial charge in [-0.25, -0.2) is 23.1 Å². The molecule has 0 aliphatic carbocycles. The van der Waals surface area contributed by atoms with E-state index in [9.17, 15) is 8.42 Å². The summed E-state index contributed by atoms with van der Waals surface area (Å²) in [5.41, 5.74) is 3.38. The molecule has 0 unspecified atom stereocenters. The lowest BCUT2D eigenvalue weighted by Crippen LogP contribution is -2.33. The zero-order chi connectivity index (χ0) is 25.0. The van der Waals surface area contributed by atoms with Gasteiger partial charge in [0.2, 0.25) is 16.0 Å². The van der Waals surface area contributed by atoms with E-state index in [1.165, 1.54) is 12.8 Å². The number of para-hydroxylation sites is 1. The van der Waals surface area contributed by atoms with E-state index in [4.69, 9.17) is 9.72 Å². The molecule has 0 spiro atoms. The second kappa shape index (κ2) is 10.6. The molecule has 1 aliphatic rings. The molecule has 0 radical (unpaired) electrons. The molecule has 36 heavy (non-hydrogen) atoms. The lowest BCUT2D eigenvalue weighted by atomic mass is 10.0. The van der Waals surface area contributed by atoms with E-state index in [2.05, 4.69) is 19.9 Å². The van der Waals surface area contributed by atoms with Crippen LogP contribution in [0.1, 0.15) is 12.8 Å². The van der Waals surface area contributed by atoms with Crippen molar-refractivity contribution in [3.63, 3.8) is 0 Å². The number of sulfonamides is 1. The predicted octanol–water partition coefficient (Wildman–Crippen LogP) is 4.42. The number of hydrogen-bond donors (Lipinski definition) is 2. The first-order chi connectivity index (χ1) is 17.5. The topological polar surface area (TPSA) is 96.4 Å². The van der Waals surface area contributed by atoms with Crippen LogP contribution in [0.3, 0.4) is 0 Å². The predicted molar refractivity (Wildman–Crippen MR) is 142 cm³/mol. The van der Waals surface area contributed by atoms with E-state index >= 15 is 0 Å². The van der Waals surface area contributed by atoms with Crippen molar-refractivity contribution in [3.8, 4) is 16.9 Å². The Morgan fingerprint density at radius 1 is 1.00 bits per heavy atom. The molecule has 186 valence electrons. The molecule has 1 aliphatic heterocycles. The van der Waals surface area contributed by atoms with Gasteiger partial charge in [0, 0.05) is 35.9 Å². The number of aromatic nitrogens is 2. The van der Waals surface area contributed by atoms with Crippen molar-refractivity contribution in [2.75, 3.05) is 38.6 Å². The lowest BCUT2D eigenvalue weighted by molar-refractivity contribution is 0.344. The molecule has 2 heterocycles. The third kappa shape index (κ3) is 5.48. The Morgan fingerprint density at radius 3 is 2.56 bits per heavy atom. The average Bonchev–Trinajstić information content (AvgIpc) is 3.42. The average molecular weight is 504 g/mol. The van der Waals surface area contributed by atoms with E-state index in [1.54, 1.807) is 37.6 Å². The molecule has 5 rings (SSSR count). The number of rotatable bonds is 9. The number of methoxy groups -OCH3 is 1. The van der Waals surface area contributed by atoms with Gasteiger partial charge >= 0.3 is 0 Å². The summed E-state index contributed by atoms with van der Waals surface area (Å²) in [7, 11) is -1.98. The van der Waals surface area contributed by atoms with E-state index in [1.807, 2.05) is 42.5 Å². The van der Waals surface area contributed by atoms with Crippen LogP contribution in [0.25, 0.3) is 22.0 Å². The molecule has 1 saturated heterocycles. The van der Waals surface area contributed by atoms with Crippen molar-refractivity contribution in [1.29, 1.82) is 0 Å². The third-order valence-electron chi connectivity index (χ3n) is 6.33. The maximum Gasteiger partial charge on any atom is 0.240 e. The molecule has 9 heteroatoms. The van der Waals surface area contributed by atoms with Gasteiger partial charge in [-0.05, 0) is 61.8 Å². The van der Waals surface area contributed by atoms with Crippen LogP contribution in [-0.4, -0.2) is 56.6 Å². The van der Waals surface area contributed by atoms with Crippen molar-refractivity contribution < 1.29 is 13.2 Å². The third-order valence-corrected chi connectivity index (χ3v) is 7.79. The number of nitrogens with one attached hydrogen (secondary N) is 2. The van der Waals surface area contributed by atoms with Crippen LogP contribution in [0.15, 0.2) is 77.8 Å². The number of anilines is 2. The fourth-order valence-corrected chi connectivity index (χ4v) is 5.48. The van der Waals surface area contributed by atoms with Crippen LogP contribution in [-0.2, 0) is 10.0 Å². The standard InChI is InChI=1S/C27H29N5O3S/c1-35-23-12-10-20(11-13-23)25-9-4-6-21-19-28-27(31-26(21)25)30-22-7-5-8-24(18-22)36(33,34)29-14-17-32-15-2-3-16-32/h4-13,18-19,29H,2-3,14-17H2,1H3,(H,28,30,31). The van der Waals surface area contributed by atoms with Crippen LogP contribution < -0.4 is 14.8 Å². The lowest BCUT2D eigenvalue weighted by Gasteiger charge is -2.15. The largest absolute Gasteiger partial charge is 0.497 e. The summed E-state index contributed by atoms with van der Waals surface area (Å²) in [6.07, 6.45) is 4.12. The highest BCUT2D eigenvalue weighted by Crippen LogP contribution is 2.29. The summed E-state index contributed by atoms with van der Waals surface area (Å²) in [4.78, 5) is 11.7. The first-order valence-corrected chi connectivity index (χ1v) is 13.5. The Balaban J connectivity index is 1.35. The molecule has 1 aromatic heterocycles. The van der Waals surface area contributed by atoms with E-state index in [-0.39, 0.29) is 4.90 Å². The molecular formula is C27H29N5O3S. The van der Waals surface area contributed by atoms with Gasteiger partial charge in [0.1, 0.15) is 5.75 Å². The smallest absolute Gasteiger partial charge is 0.240 e. The Hall–Kier alpha value is -3.53. The normalized spacial score (nSPS) is 14.2. The van der Waals surface area contributed by atoms with Gasteiger partial charge in [-0.15, -0.1) is 0 Å². The Bertz CT molecular complexity index is 1450. The monoisotopic (exact) mass is 503 g/mol. The summed E-state index contributed by atoms with van der Waals surface area (Å²) in [5.74, 6) is 1.18. The van der Waals surface area contributed by atoms with Crippen LogP contribution in [0.5, 0.6) is 5.75 Å². The van der Waals surface area contributed by atoms with E-state index in [0.29, 0.717) is 18.2 Å². The SMILES string of the molecule is COc1ccc(-c2cccc3cnc(Nc4cccc(S(=O)(=O)NCCN5CCCC5)c4)nc23)cc1. The van der Waals surface area contributed by atoms with Gasteiger partial charge in [0.15, 0.2) is 0 Å². The van der Waals surface area contributed by atoms with Gasteiger partial charge in [-0.2, -0.15) is 0 Å². The fraction of sp³-hybridized carbons (Fsp3) is 0.259. The summed E-state index contributed by atoms with van der Waals surface area (Å²) in [5, 5.41) is 4.07. The first-order valence-electron chi connectivity index (χ1n) is 12.0. The van der Waals surface area contributed by atoms with Crippen molar-refractivity contribution in [2.45, 2.75) is 17.7 Å². The van der Waals surface area contributed by atoms with E-state index < -0.39 is 10.0 Å². The van der Waals surface area contributed by atoms with Gasteiger partial charge in [0.05, 0.1) is 17.5 Å². The van der Waals surface area contributed by atoms with Gasteiger partial charge in [0.25, 0.3) is 0 Å².